The van der Waals surface area contributed by atoms with Crippen molar-refractivity contribution < 1.29 is 14.7 Å². The summed E-state index contributed by atoms with van der Waals surface area (Å²) in [4.78, 5) is 21.6. The van der Waals surface area contributed by atoms with Crippen LogP contribution in [0.15, 0.2) is 12.2 Å². The lowest BCUT2D eigenvalue weighted by atomic mass is 9.88. The van der Waals surface area contributed by atoms with E-state index in [1.807, 2.05) is 0 Å². The van der Waals surface area contributed by atoms with Gasteiger partial charge < -0.3 is 5.11 Å². The Morgan fingerprint density at radius 3 is 2.57 bits per heavy atom. The highest BCUT2D eigenvalue weighted by atomic mass is 16.4. The van der Waals surface area contributed by atoms with E-state index in [1.165, 1.54) is 6.42 Å². The van der Waals surface area contributed by atoms with Crippen molar-refractivity contribution in [2.45, 2.75) is 25.7 Å². The van der Waals surface area contributed by atoms with Crippen molar-refractivity contribution in [3.8, 4) is 0 Å². The van der Waals surface area contributed by atoms with Gasteiger partial charge in [0.05, 0.1) is 0 Å². The molecule has 0 radical (unpaired) electrons. The predicted molar refractivity (Wildman–Crippen MR) is 50.7 cm³/mol. The summed E-state index contributed by atoms with van der Waals surface area (Å²) < 4.78 is 0. The number of aliphatic carboxylic acids is 1. The Kier molecular flexibility index (Phi) is 2.40. The van der Waals surface area contributed by atoms with Crippen molar-refractivity contribution in [2.24, 2.45) is 17.8 Å². The first-order valence-electron chi connectivity index (χ1n) is 5.07. The average Bonchev–Trinajstić information content (AvgIpc) is 2.62. The normalized spacial score (nSPS) is 33.6. The van der Waals surface area contributed by atoms with Gasteiger partial charge in [-0.1, -0.05) is 12.2 Å². The molecule has 1 saturated carbocycles. The van der Waals surface area contributed by atoms with E-state index >= 15 is 0 Å². The highest BCUT2D eigenvalue weighted by Crippen LogP contribution is 2.44. The Morgan fingerprint density at radius 2 is 2.07 bits per heavy atom. The fraction of sp³-hybridized carbons (Fsp3) is 0.636. The SMILES string of the molecule is O=C(O)CC(=O)CC1CC2C=CC1C2. The van der Waals surface area contributed by atoms with Gasteiger partial charge in [0.15, 0.2) is 0 Å². The molecule has 0 aromatic rings. The second kappa shape index (κ2) is 3.56. The Balaban J connectivity index is 1.84. The Bertz CT molecular complexity index is 293. The minimum Gasteiger partial charge on any atom is -0.481 e. The Labute approximate surface area is 82.8 Å². The maximum absolute atomic E-state index is 11.3. The molecule has 0 amide bonds. The maximum Gasteiger partial charge on any atom is 0.310 e. The fourth-order valence-electron chi connectivity index (χ4n) is 2.66. The lowest BCUT2D eigenvalue weighted by Gasteiger charge is -2.16. The topological polar surface area (TPSA) is 54.4 Å². The van der Waals surface area contributed by atoms with Gasteiger partial charge in [-0.15, -0.1) is 0 Å². The summed E-state index contributed by atoms with van der Waals surface area (Å²) in [6.45, 7) is 0. The number of carbonyl (C=O) groups excluding carboxylic acids is 1. The van der Waals surface area contributed by atoms with Crippen LogP contribution in [-0.2, 0) is 9.59 Å². The van der Waals surface area contributed by atoms with E-state index in [1.54, 1.807) is 0 Å². The van der Waals surface area contributed by atoms with Crippen LogP contribution < -0.4 is 0 Å². The van der Waals surface area contributed by atoms with E-state index in [0.717, 1.165) is 6.42 Å². The number of hydrogen-bond acceptors (Lipinski definition) is 2. The molecule has 0 heterocycles. The molecule has 76 valence electrons. The zero-order valence-corrected chi connectivity index (χ0v) is 7.98. The molecule has 2 aliphatic rings. The molecule has 1 N–H and O–H groups in total. The van der Waals surface area contributed by atoms with Crippen LogP contribution in [0, 0.1) is 17.8 Å². The number of rotatable bonds is 4. The van der Waals surface area contributed by atoms with Crippen LogP contribution in [0.2, 0.25) is 0 Å². The molecule has 0 aliphatic heterocycles. The summed E-state index contributed by atoms with van der Waals surface area (Å²) in [6, 6.07) is 0. The maximum atomic E-state index is 11.3. The smallest absolute Gasteiger partial charge is 0.310 e. The number of carboxylic acids is 1. The second-order valence-electron chi connectivity index (χ2n) is 4.35. The summed E-state index contributed by atoms with van der Waals surface area (Å²) in [5, 5.41) is 8.45. The molecule has 1 fully saturated rings. The third-order valence-corrected chi connectivity index (χ3v) is 3.25. The van der Waals surface area contributed by atoms with Crippen molar-refractivity contribution in [2.75, 3.05) is 0 Å². The Morgan fingerprint density at radius 1 is 1.29 bits per heavy atom. The minimum absolute atomic E-state index is 0.122. The van der Waals surface area contributed by atoms with Gasteiger partial charge in [0.2, 0.25) is 0 Å². The van der Waals surface area contributed by atoms with Crippen molar-refractivity contribution in [3.05, 3.63) is 12.2 Å². The second-order valence-corrected chi connectivity index (χ2v) is 4.35. The summed E-state index contributed by atoms with van der Waals surface area (Å²) in [6.07, 6.45) is 6.81. The van der Waals surface area contributed by atoms with Crippen LogP contribution in [0.3, 0.4) is 0 Å². The average molecular weight is 194 g/mol. The summed E-state index contributed by atoms with van der Waals surface area (Å²) in [5.41, 5.74) is 0. The number of Topliss-reactive ketones (excluding diaryl/α,β-unsaturated/α-hetero) is 1. The first kappa shape index (κ1) is 9.44. The van der Waals surface area contributed by atoms with Crippen LogP contribution in [0.5, 0.6) is 0 Å². The van der Waals surface area contributed by atoms with Gasteiger partial charge in [-0.2, -0.15) is 0 Å². The van der Waals surface area contributed by atoms with Crippen LogP contribution >= 0.6 is 0 Å². The van der Waals surface area contributed by atoms with Crippen molar-refractivity contribution in [3.63, 3.8) is 0 Å². The number of ketones is 1. The third-order valence-electron chi connectivity index (χ3n) is 3.25. The lowest BCUT2D eigenvalue weighted by molar-refractivity contribution is -0.140. The standard InChI is InChI=1S/C11H14O3/c12-10(6-11(13)14)5-9-4-7-1-2-8(9)3-7/h1-2,7-9H,3-6H2,(H,13,14). The van der Waals surface area contributed by atoms with Gasteiger partial charge in [0, 0.05) is 6.42 Å². The summed E-state index contributed by atoms with van der Waals surface area (Å²) in [7, 11) is 0. The molecular formula is C11H14O3. The molecule has 3 unspecified atom stereocenters. The van der Waals surface area contributed by atoms with Gasteiger partial charge in [-0.3, -0.25) is 9.59 Å². The number of carbonyl (C=O) groups is 2. The number of fused-ring (bicyclic) bond motifs is 2. The third kappa shape index (κ3) is 1.86. The van der Waals surface area contributed by atoms with Crippen LogP contribution in [0.25, 0.3) is 0 Å². The van der Waals surface area contributed by atoms with Gasteiger partial charge in [-0.05, 0) is 30.6 Å². The van der Waals surface area contributed by atoms with Gasteiger partial charge >= 0.3 is 5.97 Å². The number of hydrogen-bond donors (Lipinski definition) is 1. The van der Waals surface area contributed by atoms with Crippen LogP contribution in [0.4, 0.5) is 0 Å². The highest BCUT2D eigenvalue weighted by Gasteiger charge is 2.36. The zero-order valence-electron chi connectivity index (χ0n) is 7.98. The lowest BCUT2D eigenvalue weighted by Crippen LogP contribution is -2.15. The largest absolute Gasteiger partial charge is 0.481 e. The predicted octanol–water partition coefficient (Wildman–Crippen LogP) is 1.63. The quantitative estimate of drug-likeness (QED) is 0.546. The van der Waals surface area contributed by atoms with E-state index < -0.39 is 5.97 Å². The molecule has 0 aromatic carbocycles. The van der Waals surface area contributed by atoms with E-state index in [4.69, 9.17) is 5.11 Å². The molecule has 2 rings (SSSR count). The van der Waals surface area contributed by atoms with E-state index in [9.17, 15) is 9.59 Å². The molecule has 3 atom stereocenters. The monoisotopic (exact) mass is 194 g/mol. The molecule has 14 heavy (non-hydrogen) atoms. The van der Waals surface area contributed by atoms with E-state index in [2.05, 4.69) is 12.2 Å². The minimum atomic E-state index is -1.01. The van der Waals surface area contributed by atoms with Crippen molar-refractivity contribution in [1.29, 1.82) is 0 Å². The summed E-state index contributed by atoms with van der Waals surface area (Å²) >= 11 is 0. The molecule has 3 nitrogen and oxygen atoms in total. The van der Waals surface area contributed by atoms with Crippen LogP contribution in [-0.4, -0.2) is 16.9 Å². The van der Waals surface area contributed by atoms with Gasteiger partial charge in [0.1, 0.15) is 12.2 Å². The molecule has 0 saturated heterocycles. The van der Waals surface area contributed by atoms with E-state index in [0.29, 0.717) is 24.2 Å². The first-order valence-corrected chi connectivity index (χ1v) is 5.07. The number of carboxylic acid groups (broad SMARTS) is 1. The van der Waals surface area contributed by atoms with Gasteiger partial charge in [-0.25, -0.2) is 0 Å². The van der Waals surface area contributed by atoms with Gasteiger partial charge in [0.25, 0.3) is 0 Å². The van der Waals surface area contributed by atoms with Crippen molar-refractivity contribution in [1.82, 2.24) is 0 Å². The van der Waals surface area contributed by atoms with E-state index in [-0.39, 0.29) is 12.2 Å². The zero-order chi connectivity index (χ0) is 10.1. The molecule has 3 heteroatoms. The number of allylic oxidation sites excluding steroid dienone is 2. The molecule has 2 bridgehead atoms. The molecule has 2 aliphatic carbocycles. The fourth-order valence-corrected chi connectivity index (χ4v) is 2.66. The summed E-state index contributed by atoms with van der Waals surface area (Å²) in [5.74, 6) is 0.481. The van der Waals surface area contributed by atoms with Crippen molar-refractivity contribution >= 4 is 11.8 Å². The Hall–Kier alpha value is -1.12. The van der Waals surface area contributed by atoms with Crippen LogP contribution in [0.1, 0.15) is 25.7 Å². The molecule has 0 aromatic heterocycles. The first-order chi connectivity index (χ1) is 6.65. The molecular weight excluding hydrogens is 180 g/mol. The highest BCUT2D eigenvalue weighted by molar-refractivity contribution is 5.94. The molecule has 0 spiro atoms.